The maximum Gasteiger partial charge on any atom is 0.260 e. The molecule has 0 saturated carbocycles. The highest BCUT2D eigenvalue weighted by Gasteiger charge is 2.18. The van der Waals surface area contributed by atoms with Crippen LogP contribution in [-0.4, -0.2) is 13.0 Å². The van der Waals surface area contributed by atoms with Crippen molar-refractivity contribution in [2.24, 2.45) is 5.84 Å². The van der Waals surface area contributed by atoms with E-state index in [2.05, 4.69) is 11.5 Å². The summed E-state index contributed by atoms with van der Waals surface area (Å²) in [6.45, 7) is 4.00. The summed E-state index contributed by atoms with van der Waals surface area (Å²) in [4.78, 5) is 14.3. The van der Waals surface area contributed by atoms with E-state index >= 15 is 0 Å². The molecule has 0 fully saturated rings. The summed E-state index contributed by atoms with van der Waals surface area (Å²) < 4.78 is 0. The average Bonchev–Trinajstić information content (AvgIpc) is 2.44. The first-order chi connectivity index (χ1) is 9.92. The van der Waals surface area contributed by atoms with Crippen LogP contribution in [0.1, 0.15) is 21.5 Å². The van der Waals surface area contributed by atoms with Crippen LogP contribution in [0.5, 0.6) is 0 Å². The van der Waals surface area contributed by atoms with Gasteiger partial charge in [0.15, 0.2) is 0 Å². The first-order valence-electron chi connectivity index (χ1n) is 6.55. The highest BCUT2D eigenvalue weighted by Crippen LogP contribution is 2.24. The van der Waals surface area contributed by atoms with Gasteiger partial charge in [-0.05, 0) is 55.3 Å². The number of anilines is 2. The molecule has 0 aliphatic carbocycles. The van der Waals surface area contributed by atoms with E-state index < -0.39 is 0 Å². The minimum Gasteiger partial charge on any atom is -0.323 e. The number of nitrogens with one attached hydrogen (secondary N) is 1. The number of nitrogens with two attached hydrogens (primary N) is 1. The molecule has 110 valence electrons. The predicted molar refractivity (Wildman–Crippen MR) is 87.9 cm³/mol. The van der Waals surface area contributed by atoms with Crippen molar-refractivity contribution in [1.82, 2.24) is 0 Å². The molecule has 0 bridgehead atoms. The van der Waals surface area contributed by atoms with Gasteiger partial charge in [0.2, 0.25) is 0 Å². The highest BCUT2D eigenvalue weighted by atomic mass is 35.5. The summed E-state index contributed by atoms with van der Waals surface area (Å²) in [7, 11) is 1.73. The lowest BCUT2D eigenvalue weighted by atomic mass is 10.1. The summed E-state index contributed by atoms with van der Waals surface area (Å²) >= 11 is 5.98. The van der Waals surface area contributed by atoms with Crippen LogP contribution in [0.4, 0.5) is 11.4 Å². The minimum atomic E-state index is -0.171. The van der Waals surface area contributed by atoms with Crippen molar-refractivity contribution in [2.45, 2.75) is 13.8 Å². The standard InChI is InChI=1S/C16H18ClN3O/c1-10-6-11(2)8-13(7-10)20(3)16(21)14-9-12(17)4-5-15(14)19-18/h4-9,19H,18H2,1-3H3. The van der Waals surface area contributed by atoms with E-state index in [0.717, 1.165) is 16.8 Å². The number of hydrazine groups is 1. The van der Waals surface area contributed by atoms with E-state index in [4.69, 9.17) is 17.4 Å². The fraction of sp³-hybridized carbons (Fsp3) is 0.188. The molecule has 0 aromatic heterocycles. The number of nitrogen functional groups attached to an aromatic ring is 1. The van der Waals surface area contributed by atoms with Gasteiger partial charge in [0.1, 0.15) is 0 Å². The zero-order chi connectivity index (χ0) is 15.6. The predicted octanol–water partition coefficient (Wildman–Crippen LogP) is 3.52. The molecule has 0 heterocycles. The summed E-state index contributed by atoms with van der Waals surface area (Å²) in [5.74, 6) is 5.29. The molecule has 0 saturated heterocycles. The number of amides is 1. The lowest BCUT2D eigenvalue weighted by molar-refractivity contribution is 0.0993. The quantitative estimate of drug-likeness (QED) is 0.674. The Kier molecular flexibility index (Phi) is 4.50. The molecule has 21 heavy (non-hydrogen) atoms. The number of rotatable bonds is 3. The Bertz CT molecular complexity index is 665. The van der Waals surface area contributed by atoms with Crippen molar-refractivity contribution in [2.75, 3.05) is 17.4 Å². The SMILES string of the molecule is Cc1cc(C)cc(N(C)C(=O)c2cc(Cl)ccc2NN)c1. The molecule has 5 heteroatoms. The molecule has 0 aliphatic heterocycles. The first kappa shape index (κ1) is 15.4. The lowest BCUT2D eigenvalue weighted by Crippen LogP contribution is -2.27. The molecular formula is C16H18ClN3O. The van der Waals surface area contributed by atoms with Crippen LogP contribution < -0.4 is 16.2 Å². The summed E-state index contributed by atoms with van der Waals surface area (Å²) in [5, 5.41) is 0.492. The fourth-order valence-electron chi connectivity index (χ4n) is 2.26. The monoisotopic (exact) mass is 303 g/mol. The Labute approximate surface area is 129 Å². The Hall–Kier alpha value is -2.04. The van der Waals surface area contributed by atoms with E-state index in [-0.39, 0.29) is 5.91 Å². The molecule has 0 aliphatic rings. The number of hydrogen-bond donors (Lipinski definition) is 2. The molecule has 2 aromatic rings. The van der Waals surface area contributed by atoms with Gasteiger partial charge in [-0.2, -0.15) is 0 Å². The van der Waals surface area contributed by atoms with E-state index in [9.17, 15) is 4.79 Å². The largest absolute Gasteiger partial charge is 0.323 e. The van der Waals surface area contributed by atoms with Crippen molar-refractivity contribution in [3.63, 3.8) is 0 Å². The molecule has 4 nitrogen and oxygen atoms in total. The van der Waals surface area contributed by atoms with Gasteiger partial charge in [0.25, 0.3) is 5.91 Å². The molecule has 1 amide bonds. The molecule has 0 spiro atoms. The summed E-state index contributed by atoms with van der Waals surface area (Å²) in [6, 6.07) is 11.0. The minimum absolute atomic E-state index is 0.171. The maximum atomic E-state index is 12.7. The van der Waals surface area contributed by atoms with Gasteiger partial charge < -0.3 is 10.3 Å². The fourth-order valence-corrected chi connectivity index (χ4v) is 2.43. The second kappa shape index (κ2) is 6.16. The van der Waals surface area contributed by atoms with E-state index in [0.29, 0.717) is 16.3 Å². The Morgan fingerprint density at radius 2 is 1.76 bits per heavy atom. The van der Waals surface area contributed by atoms with Crippen molar-refractivity contribution in [3.05, 3.63) is 58.1 Å². The van der Waals surface area contributed by atoms with E-state index in [1.165, 1.54) is 0 Å². The van der Waals surface area contributed by atoms with Crippen LogP contribution in [0, 0.1) is 13.8 Å². The van der Waals surface area contributed by atoms with Crippen LogP contribution in [-0.2, 0) is 0 Å². The zero-order valence-electron chi connectivity index (χ0n) is 12.3. The van der Waals surface area contributed by atoms with Gasteiger partial charge in [0, 0.05) is 17.8 Å². The number of halogens is 1. The number of aryl methyl sites for hydroxylation is 2. The normalized spacial score (nSPS) is 10.3. The van der Waals surface area contributed by atoms with Crippen molar-refractivity contribution >= 4 is 28.9 Å². The third kappa shape index (κ3) is 3.35. The number of benzene rings is 2. The van der Waals surface area contributed by atoms with E-state index in [1.54, 1.807) is 30.1 Å². The summed E-state index contributed by atoms with van der Waals surface area (Å²) in [6.07, 6.45) is 0. The van der Waals surface area contributed by atoms with Crippen LogP contribution in [0.3, 0.4) is 0 Å². The van der Waals surface area contributed by atoms with Crippen molar-refractivity contribution in [1.29, 1.82) is 0 Å². The molecule has 2 aromatic carbocycles. The number of nitrogens with zero attached hydrogens (tertiary/aromatic N) is 1. The van der Waals surface area contributed by atoms with Gasteiger partial charge in [-0.25, -0.2) is 0 Å². The van der Waals surface area contributed by atoms with Gasteiger partial charge in [0.05, 0.1) is 11.3 Å². The maximum absolute atomic E-state index is 12.7. The van der Waals surface area contributed by atoms with Gasteiger partial charge in [-0.15, -0.1) is 0 Å². The Balaban J connectivity index is 2.41. The van der Waals surface area contributed by atoms with E-state index in [1.807, 2.05) is 26.0 Å². The van der Waals surface area contributed by atoms with Gasteiger partial charge in [-0.1, -0.05) is 17.7 Å². The molecule has 3 N–H and O–H groups in total. The van der Waals surface area contributed by atoms with Crippen LogP contribution in [0.15, 0.2) is 36.4 Å². The average molecular weight is 304 g/mol. The molecule has 0 radical (unpaired) electrons. The molecular weight excluding hydrogens is 286 g/mol. The number of carbonyl (C=O) groups excluding carboxylic acids is 1. The van der Waals surface area contributed by atoms with Crippen molar-refractivity contribution < 1.29 is 4.79 Å². The highest BCUT2D eigenvalue weighted by molar-refractivity contribution is 6.31. The van der Waals surface area contributed by atoms with Crippen LogP contribution >= 0.6 is 11.6 Å². The smallest absolute Gasteiger partial charge is 0.260 e. The summed E-state index contributed by atoms with van der Waals surface area (Å²) in [5.41, 5.74) is 6.55. The Morgan fingerprint density at radius 3 is 2.33 bits per heavy atom. The van der Waals surface area contributed by atoms with Crippen LogP contribution in [0.25, 0.3) is 0 Å². The molecule has 0 atom stereocenters. The topological polar surface area (TPSA) is 58.4 Å². The van der Waals surface area contributed by atoms with Gasteiger partial charge in [-0.3, -0.25) is 10.6 Å². The second-order valence-electron chi connectivity index (χ2n) is 5.04. The first-order valence-corrected chi connectivity index (χ1v) is 6.92. The number of hydrogen-bond acceptors (Lipinski definition) is 3. The number of carbonyl (C=O) groups is 1. The molecule has 0 unspecified atom stereocenters. The third-order valence-corrected chi connectivity index (χ3v) is 3.50. The van der Waals surface area contributed by atoms with Gasteiger partial charge >= 0.3 is 0 Å². The second-order valence-corrected chi connectivity index (χ2v) is 5.48. The Morgan fingerprint density at radius 1 is 1.14 bits per heavy atom. The lowest BCUT2D eigenvalue weighted by Gasteiger charge is -2.20. The third-order valence-electron chi connectivity index (χ3n) is 3.27. The molecule has 2 rings (SSSR count). The van der Waals surface area contributed by atoms with Crippen LogP contribution in [0.2, 0.25) is 5.02 Å². The van der Waals surface area contributed by atoms with Crippen molar-refractivity contribution in [3.8, 4) is 0 Å². The zero-order valence-corrected chi connectivity index (χ0v) is 13.0.